The number of benzene rings is 3. The van der Waals surface area contributed by atoms with Crippen molar-refractivity contribution in [2.24, 2.45) is 9.78 Å². The number of ether oxygens (including phenoxy) is 2. The standard InChI is InChI=1S/C49H58ClN9O8S2/c1-49(2)15-11-34(42(27-49)32-5-7-35(50)8-6-32)29-57-19-21-58(22-20-57)38-9-10-41(44(24-38)67-39-23-33-12-16-51-47(33)52-28-39)48(60)55-69(64,65)40-25-43(59(61)62)46-45(26-40)66-31-37(53-46)30-56-17-13-36(14-18-56)54-68(3,4)63/h5-10,12,16,23-26,28,36-37,53H,11,13-15,17-22,27,29-31H2,1-4H3,(H,51,52)(H,55,60). The van der Waals surface area contributed by atoms with E-state index in [0.29, 0.717) is 44.1 Å². The van der Waals surface area contributed by atoms with Crippen LogP contribution in [0.2, 0.25) is 5.02 Å². The number of nitrogens with zero attached hydrogens (tertiary/aromatic N) is 6. The molecule has 1 aliphatic carbocycles. The molecular weight excluding hydrogens is 942 g/mol. The number of nitro benzene ring substituents is 1. The maximum absolute atomic E-state index is 14.1. The van der Waals surface area contributed by atoms with Crippen molar-refractivity contribution < 1.29 is 31.8 Å². The quantitative estimate of drug-likeness (QED) is 0.0753. The van der Waals surface area contributed by atoms with Crippen LogP contribution in [0.25, 0.3) is 16.6 Å². The number of H-pyrrole nitrogens is 1. The van der Waals surface area contributed by atoms with E-state index in [0.717, 1.165) is 73.9 Å². The van der Waals surface area contributed by atoms with Crippen molar-refractivity contribution in [3.8, 4) is 17.2 Å². The number of likely N-dealkylation sites (tertiary alicyclic amines) is 1. The van der Waals surface area contributed by atoms with Crippen molar-refractivity contribution in [2.75, 3.05) is 81.7 Å². The van der Waals surface area contributed by atoms with E-state index < -0.39 is 41.2 Å². The van der Waals surface area contributed by atoms with Gasteiger partial charge in [0.1, 0.15) is 23.8 Å². The van der Waals surface area contributed by atoms with E-state index in [1.54, 1.807) is 36.9 Å². The summed E-state index contributed by atoms with van der Waals surface area (Å²) in [6.45, 7) is 10.6. The average Bonchev–Trinajstić information content (AvgIpc) is 3.78. The third-order valence-electron chi connectivity index (χ3n) is 13.4. The van der Waals surface area contributed by atoms with Gasteiger partial charge in [-0.2, -0.15) is 0 Å². The fourth-order valence-corrected chi connectivity index (χ4v) is 11.8. The Hall–Kier alpha value is -5.73. The van der Waals surface area contributed by atoms with Gasteiger partial charge in [-0.25, -0.2) is 22.5 Å². The number of rotatable bonds is 13. The Kier molecular flexibility index (Phi) is 13.7. The molecule has 2 aromatic heterocycles. The van der Waals surface area contributed by atoms with Gasteiger partial charge in [-0.05, 0) is 85.1 Å². The van der Waals surface area contributed by atoms with Crippen LogP contribution < -0.4 is 24.4 Å². The van der Waals surface area contributed by atoms with E-state index in [1.807, 2.05) is 18.2 Å². The molecule has 5 aromatic rings. The summed E-state index contributed by atoms with van der Waals surface area (Å²) in [5, 5.41) is 17.1. The van der Waals surface area contributed by atoms with Crippen molar-refractivity contribution in [1.82, 2.24) is 24.5 Å². The zero-order chi connectivity index (χ0) is 48.7. The minimum absolute atomic E-state index is 0.0175. The Labute approximate surface area is 408 Å². The first-order valence-corrected chi connectivity index (χ1v) is 27.4. The second-order valence-electron chi connectivity index (χ2n) is 19.5. The second kappa shape index (κ2) is 19.6. The molecule has 1 unspecified atom stereocenters. The molecule has 17 nitrogen and oxygen atoms in total. The molecule has 0 radical (unpaired) electrons. The van der Waals surface area contributed by atoms with E-state index >= 15 is 0 Å². The van der Waals surface area contributed by atoms with Crippen LogP contribution >= 0.6 is 11.6 Å². The van der Waals surface area contributed by atoms with Gasteiger partial charge in [0.05, 0.1) is 33.7 Å². The minimum atomic E-state index is -4.69. The minimum Gasteiger partial charge on any atom is -0.489 e. The Morgan fingerprint density at radius 2 is 1.75 bits per heavy atom. The number of aromatic amines is 1. The van der Waals surface area contributed by atoms with E-state index in [-0.39, 0.29) is 46.9 Å². The van der Waals surface area contributed by atoms with Gasteiger partial charge in [-0.3, -0.25) is 24.0 Å². The number of allylic oxidation sites excluding steroid dienone is 1. The lowest BCUT2D eigenvalue weighted by molar-refractivity contribution is -0.384. The SMILES string of the molecule is CC1(C)CCC(CN2CCN(c3ccc(C(=O)NS(=O)(=O)c4cc5c(c([N+](=O)[O-])c4)NC(CN4CCC(N=S(C)(C)=O)CC4)CO5)c(Oc4cnc5[nH]ccc5c4)c3)CC2)=C(c2ccc(Cl)cc2)C1. The number of hydrogen-bond acceptors (Lipinski definition) is 14. The maximum Gasteiger partial charge on any atom is 0.297 e. The van der Waals surface area contributed by atoms with Crippen molar-refractivity contribution in [3.63, 3.8) is 0 Å². The average molecular weight is 1000 g/mol. The number of halogens is 1. The van der Waals surface area contributed by atoms with Crippen LogP contribution in [-0.2, 0) is 19.8 Å². The predicted molar refractivity (Wildman–Crippen MR) is 270 cm³/mol. The Balaban J connectivity index is 0.913. The second-order valence-corrected chi connectivity index (χ2v) is 24.2. The number of piperidine rings is 1. The highest BCUT2D eigenvalue weighted by Gasteiger charge is 2.34. The Morgan fingerprint density at radius 3 is 2.48 bits per heavy atom. The third kappa shape index (κ3) is 11.5. The number of hydrogen-bond donors (Lipinski definition) is 3. The maximum atomic E-state index is 14.1. The first kappa shape index (κ1) is 48.3. The number of nitro groups is 1. The van der Waals surface area contributed by atoms with Gasteiger partial charge in [0.15, 0.2) is 11.4 Å². The van der Waals surface area contributed by atoms with E-state index in [2.05, 4.69) is 65.0 Å². The summed E-state index contributed by atoms with van der Waals surface area (Å²) in [5.41, 5.74) is 5.21. The summed E-state index contributed by atoms with van der Waals surface area (Å²) < 4.78 is 59.1. The summed E-state index contributed by atoms with van der Waals surface area (Å²) >= 11 is 6.25. The fraction of sp³-hybridized carbons (Fsp3) is 0.429. The van der Waals surface area contributed by atoms with Gasteiger partial charge in [-0.15, -0.1) is 0 Å². The molecule has 4 aliphatic rings. The summed E-state index contributed by atoms with van der Waals surface area (Å²) in [6, 6.07) is 18.6. The summed E-state index contributed by atoms with van der Waals surface area (Å²) in [6.07, 6.45) is 11.2. The topological polar surface area (TPSA) is 205 Å². The highest BCUT2D eigenvalue weighted by atomic mass is 35.5. The summed E-state index contributed by atoms with van der Waals surface area (Å²) in [7, 11) is -6.90. The lowest BCUT2D eigenvalue weighted by atomic mass is 9.72. The van der Waals surface area contributed by atoms with Gasteiger partial charge < -0.3 is 29.6 Å². The third-order valence-corrected chi connectivity index (χ3v) is 15.7. The largest absolute Gasteiger partial charge is 0.489 e. The lowest BCUT2D eigenvalue weighted by Crippen LogP contribution is -2.47. The molecule has 0 saturated carbocycles. The molecular formula is C49H58ClN9O8S2. The normalized spacial score (nSPS) is 19.4. The van der Waals surface area contributed by atoms with E-state index in [4.69, 9.17) is 21.1 Å². The zero-order valence-electron chi connectivity index (χ0n) is 39.2. The molecule has 20 heteroatoms. The molecule has 5 heterocycles. The van der Waals surface area contributed by atoms with Gasteiger partial charge in [-0.1, -0.05) is 43.2 Å². The Bertz CT molecular complexity index is 3040. The van der Waals surface area contributed by atoms with E-state index in [1.165, 1.54) is 35.0 Å². The number of amides is 1. The van der Waals surface area contributed by atoms with Crippen LogP contribution in [0.5, 0.6) is 17.2 Å². The first-order valence-electron chi connectivity index (χ1n) is 23.2. The van der Waals surface area contributed by atoms with Gasteiger partial charge in [0.25, 0.3) is 21.6 Å². The molecule has 2 fully saturated rings. The van der Waals surface area contributed by atoms with Crippen molar-refractivity contribution in [2.45, 2.75) is 62.9 Å². The summed E-state index contributed by atoms with van der Waals surface area (Å²) in [4.78, 5) is 39.8. The van der Waals surface area contributed by atoms with Crippen LogP contribution in [-0.4, -0.2) is 127 Å². The lowest BCUT2D eigenvalue weighted by Gasteiger charge is -2.39. The zero-order valence-corrected chi connectivity index (χ0v) is 41.6. The monoisotopic (exact) mass is 999 g/mol. The number of sulfonamides is 1. The van der Waals surface area contributed by atoms with Gasteiger partial charge in [0, 0.05) is 115 Å². The van der Waals surface area contributed by atoms with Crippen LogP contribution in [0, 0.1) is 15.5 Å². The van der Waals surface area contributed by atoms with Gasteiger partial charge >= 0.3 is 0 Å². The molecule has 0 spiro atoms. The number of piperazine rings is 1. The highest BCUT2D eigenvalue weighted by molar-refractivity contribution is 7.92. The predicted octanol–water partition coefficient (Wildman–Crippen LogP) is 8.19. The number of carbonyl (C=O) groups is 1. The molecule has 1 atom stereocenters. The smallest absolute Gasteiger partial charge is 0.297 e. The van der Waals surface area contributed by atoms with Crippen molar-refractivity contribution >= 4 is 70.9 Å². The molecule has 1 amide bonds. The number of nitrogens with one attached hydrogen (secondary N) is 3. The number of aromatic nitrogens is 2. The highest BCUT2D eigenvalue weighted by Crippen LogP contribution is 2.44. The van der Waals surface area contributed by atoms with Gasteiger partial charge in [0.2, 0.25) is 0 Å². The van der Waals surface area contributed by atoms with Crippen LogP contribution in [0.1, 0.15) is 61.9 Å². The number of anilines is 2. The van der Waals surface area contributed by atoms with Crippen molar-refractivity contribution in [3.05, 3.63) is 111 Å². The molecule has 2 saturated heterocycles. The molecule has 3 aromatic carbocycles. The molecule has 366 valence electrons. The molecule has 69 heavy (non-hydrogen) atoms. The molecule has 9 rings (SSSR count). The molecule has 0 bridgehead atoms. The fourth-order valence-electron chi connectivity index (χ4n) is 9.76. The number of carbonyl (C=O) groups excluding carboxylic acids is 1. The van der Waals surface area contributed by atoms with Crippen LogP contribution in [0.4, 0.5) is 17.1 Å². The van der Waals surface area contributed by atoms with Crippen LogP contribution in [0.3, 0.4) is 0 Å². The number of fused-ring (bicyclic) bond motifs is 2. The first-order chi connectivity index (χ1) is 32.8. The van der Waals surface area contributed by atoms with E-state index in [9.17, 15) is 27.5 Å². The molecule has 3 N–H and O–H groups in total. The summed E-state index contributed by atoms with van der Waals surface area (Å²) in [5.74, 6) is -0.576. The Morgan fingerprint density at radius 1 is 1.00 bits per heavy atom. The molecule has 3 aliphatic heterocycles. The number of pyridine rings is 1. The van der Waals surface area contributed by atoms with Crippen molar-refractivity contribution in [1.29, 1.82) is 0 Å². The van der Waals surface area contributed by atoms with Crippen LogP contribution in [0.15, 0.2) is 94.0 Å².